The molecule has 2 nitrogen and oxygen atoms in total. The molecule has 0 fully saturated rings. The molecular weight excluding hydrogens is 240 g/mol. The standard InChI is InChI=1S/C12H9ClN2S/c1-7-4-3-5-8(2)10(7)11-9(6-14)12(13)15-16-11/h3-5H,1-2H3. The molecule has 0 saturated carbocycles. The Bertz CT molecular complexity index is 561. The van der Waals surface area contributed by atoms with E-state index in [1.807, 2.05) is 32.0 Å². The fraction of sp³-hybridized carbons (Fsp3) is 0.167. The van der Waals surface area contributed by atoms with Crippen molar-refractivity contribution in [3.8, 4) is 16.5 Å². The SMILES string of the molecule is Cc1cccc(C)c1-c1snc(Cl)c1C#N. The molecular formula is C12H9ClN2S. The summed E-state index contributed by atoms with van der Waals surface area (Å²) in [5.41, 5.74) is 3.82. The molecule has 0 saturated heterocycles. The van der Waals surface area contributed by atoms with Gasteiger partial charge in [-0.2, -0.15) is 9.64 Å². The molecule has 2 aromatic rings. The first kappa shape index (κ1) is 11.1. The monoisotopic (exact) mass is 248 g/mol. The highest BCUT2D eigenvalue weighted by Gasteiger charge is 2.16. The molecule has 0 N–H and O–H groups in total. The van der Waals surface area contributed by atoms with E-state index >= 15 is 0 Å². The van der Waals surface area contributed by atoms with Crippen molar-refractivity contribution >= 4 is 23.1 Å². The summed E-state index contributed by atoms with van der Waals surface area (Å²) in [6.45, 7) is 4.05. The van der Waals surface area contributed by atoms with Gasteiger partial charge in [-0.3, -0.25) is 0 Å². The van der Waals surface area contributed by atoms with Crippen molar-refractivity contribution in [3.63, 3.8) is 0 Å². The van der Waals surface area contributed by atoms with Crippen molar-refractivity contribution in [1.82, 2.24) is 4.37 Å². The third-order valence-electron chi connectivity index (χ3n) is 2.47. The van der Waals surface area contributed by atoms with Gasteiger partial charge in [-0.05, 0) is 36.5 Å². The molecule has 0 bridgehead atoms. The lowest BCUT2D eigenvalue weighted by atomic mass is 10.00. The number of hydrogen-bond donors (Lipinski definition) is 0. The molecule has 1 aromatic heterocycles. The predicted molar refractivity (Wildman–Crippen MR) is 66.7 cm³/mol. The molecule has 0 unspecified atom stereocenters. The average Bonchev–Trinajstić information content (AvgIpc) is 2.59. The van der Waals surface area contributed by atoms with Crippen LogP contribution in [0.4, 0.5) is 0 Å². The zero-order valence-corrected chi connectivity index (χ0v) is 10.5. The first-order valence-corrected chi connectivity index (χ1v) is 5.92. The Morgan fingerprint density at radius 2 is 1.94 bits per heavy atom. The smallest absolute Gasteiger partial charge is 0.161 e. The van der Waals surface area contributed by atoms with Gasteiger partial charge in [0.25, 0.3) is 0 Å². The van der Waals surface area contributed by atoms with Crippen LogP contribution in [0.25, 0.3) is 10.4 Å². The second-order valence-electron chi connectivity index (χ2n) is 3.56. The maximum atomic E-state index is 9.06. The highest BCUT2D eigenvalue weighted by atomic mass is 35.5. The van der Waals surface area contributed by atoms with E-state index in [-0.39, 0.29) is 0 Å². The summed E-state index contributed by atoms with van der Waals surface area (Å²) in [5, 5.41) is 9.36. The number of aryl methyl sites for hydroxylation is 2. The van der Waals surface area contributed by atoms with E-state index in [0.717, 1.165) is 21.6 Å². The van der Waals surface area contributed by atoms with Crippen LogP contribution in [-0.2, 0) is 0 Å². The van der Waals surface area contributed by atoms with Gasteiger partial charge in [0.1, 0.15) is 11.6 Å². The van der Waals surface area contributed by atoms with Gasteiger partial charge < -0.3 is 0 Å². The zero-order valence-electron chi connectivity index (χ0n) is 8.91. The molecule has 80 valence electrons. The third-order valence-corrected chi connectivity index (χ3v) is 3.71. The second-order valence-corrected chi connectivity index (χ2v) is 4.69. The minimum atomic E-state index is 0.296. The molecule has 0 radical (unpaired) electrons. The van der Waals surface area contributed by atoms with Gasteiger partial charge in [0.15, 0.2) is 5.15 Å². The topological polar surface area (TPSA) is 36.7 Å². The molecule has 0 aliphatic rings. The van der Waals surface area contributed by atoms with E-state index in [1.54, 1.807) is 0 Å². The molecule has 16 heavy (non-hydrogen) atoms. The van der Waals surface area contributed by atoms with Crippen molar-refractivity contribution < 1.29 is 0 Å². The maximum absolute atomic E-state index is 9.06. The van der Waals surface area contributed by atoms with E-state index in [4.69, 9.17) is 16.9 Å². The van der Waals surface area contributed by atoms with E-state index in [1.165, 1.54) is 11.5 Å². The summed E-state index contributed by atoms with van der Waals surface area (Å²) in [4.78, 5) is 0.864. The van der Waals surface area contributed by atoms with Gasteiger partial charge >= 0.3 is 0 Å². The Balaban J connectivity index is 2.74. The molecule has 0 spiro atoms. The Morgan fingerprint density at radius 3 is 2.50 bits per heavy atom. The van der Waals surface area contributed by atoms with Crippen LogP contribution in [0.1, 0.15) is 16.7 Å². The molecule has 0 amide bonds. The lowest BCUT2D eigenvalue weighted by molar-refractivity contribution is 1.38. The normalized spacial score (nSPS) is 10.1. The van der Waals surface area contributed by atoms with Crippen LogP contribution in [0.2, 0.25) is 5.15 Å². The zero-order chi connectivity index (χ0) is 11.7. The Kier molecular flexibility index (Phi) is 2.95. The van der Waals surface area contributed by atoms with E-state index < -0.39 is 0 Å². The highest BCUT2D eigenvalue weighted by molar-refractivity contribution is 7.10. The van der Waals surface area contributed by atoms with Crippen LogP contribution in [0.3, 0.4) is 0 Å². The van der Waals surface area contributed by atoms with Crippen molar-refractivity contribution in [2.24, 2.45) is 0 Å². The first-order chi connectivity index (χ1) is 7.65. The molecule has 0 atom stereocenters. The van der Waals surface area contributed by atoms with Crippen LogP contribution in [0, 0.1) is 25.2 Å². The molecule has 2 rings (SSSR count). The summed E-state index contributed by atoms with van der Waals surface area (Å²) in [6, 6.07) is 8.17. The fourth-order valence-corrected chi connectivity index (χ4v) is 2.92. The van der Waals surface area contributed by atoms with Gasteiger partial charge in [0, 0.05) is 5.56 Å². The predicted octanol–water partition coefficient (Wildman–Crippen LogP) is 3.95. The van der Waals surface area contributed by atoms with Crippen LogP contribution >= 0.6 is 23.1 Å². The minimum Gasteiger partial charge on any atom is -0.192 e. The van der Waals surface area contributed by atoms with Gasteiger partial charge in [-0.15, -0.1) is 0 Å². The van der Waals surface area contributed by atoms with Crippen molar-refractivity contribution in [1.29, 1.82) is 5.26 Å². The lowest BCUT2D eigenvalue weighted by Crippen LogP contribution is -1.87. The van der Waals surface area contributed by atoms with E-state index in [2.05, 4.69) is 10.4 Å². The number of rotatable bonds is 1. The molecule has 4 heteroatoms. The number of halogens is 1. The number of nitrogens with zero attached hydrogens (tertiary/aromatic N) is 2. The largest absolute Gasteiger partial charge is 0.192 e. The maximum Gasteiger partial charge on any atom is 0.161 e. The van der Waals surface area contributed by atoms with E-state index in [0.29, 0.717) is 10.7 Å². The summed E-state index contributed by atoms with van der Waals surface area (Å²) < 4.78 is 4.03. The highest BCUT2D eigenvalue weighted by Crippen LogP contribution is 2.36. The Labute approximate surface area is 103 Å². The summed E-state index contributed by atoms with van der Waals surface area (Å²) >= 11 is 7.15. The molecule has 0 aliphatic carbocycles. The van der Waals surface area contributed by atoms with Crippen LogP contribution in [0.5, 0.6) is 0 Å². The van der Waals surface area contributed by atoms with Crippen LogP contribution < -0.4 is 0 Å². The van der Waals surface area contributed by atoms with Gasteiger partial charge in [0.05, 0.1) is 4.88 Å². The van der Waals surface area contributed by atoms with Crippen molar-refractivity contribution in [2.45, 2.75) is 13.8 Å². The third kappa shape index (κ3) is 1.71. The summed E-state index contributed by atoms with van der Waals surface area (Å²) in [5.74, 6) is 0. The van der Waals surface area contributed by atoms with Crippen molar-refractivity contribution in [3.05, 3.63) is 40.0 Å². The van der Waals surface area contributed by atoms with Gasteiger partial charge in [-0.1, -0.05) is 29.8 Å². The van der Waals surface area contributed by atoms with Gasteiger partial charge in [0.2, 0.25) is 0 Å². The molecule has 0 aliphatic heterocycles. The Hall–Kier alpha value is -1.37. The Morgan fingerprint density at radius 1 is 1.31 bits per heavy atom. The number of benzene rings is 1. The van der Waals surface area contributed by atoms with Crippen LogP contribution in [-0.4, -0.2) is 4.37 Å². The average molecular weight is 249 g/mol. The summed E-state index contributed by atoms with van der Waals surface area (Å²) in [6.07, 6.45) is 0. The number of hydrogen-bond acceptors (Lipinski definition) is 3. The van der Waals surface area contributed by atoms with Gasteiger partial charge in [-0.25, -0.2) is 0 Å². The fourth-order valence-electron chi connectivity index (χ4n) is 1.71. The number of aromatic nitrogens is 1. The quantitative estimate of drug-likeness (QED) is 0.766. The lowest BCUT2D eigenvalue weighted by Gasteiger charge is -2.06. The minimum absolute atomic E-state index is 0.296. The number of nitriles is 1. The van der Waals surface area contributed by atoms with Crippen LogP contribution in [0.15, 0.2) is 18.2 Å². The molecule has 1 heterocycles. The molecule has 1 aromatic carbocycles. The van der Waals surface area contributed by atoms with E-state index in [9.17, 15) is 0 Å². The first-order valence-electron chi connectivity index (χ1n) is 4.77. The summed E-state index contributed by atoms with van der Waals surface area (Å²) in [7, 11) is 0. The van der Waals surface area contributed by atoms with Crippen molar-refractivity contribution in [2.75, 3.05) is 0 Å². The second kappa shape index (κ2) is 4.25.